The van der Waals surface area contributed by atoms with Crippen LogP contribution in [0.4, 0.5) is 0 Å². The van der Waals surface area contributed by atoms with E-state index >= 15 is 0 Å². The molecule has 20 heavy (non-hydrogen) atoms. The molecule has 7 heteroatoms. The van der Waals surface area contributed by atoms with Crippen molar-refractivity contribution in [3.8, 4) is 0 Å². The first-order chi connectivity index (χ1) is 9.53. The average molecular weight is 313 g/mol. The number of sulfonamides is 1. The van der Waals surface area contributed by atoms with Crippen molar-refractivity contribution in [1.29, 1.82) is 0 Å². The molecule has 1 aromatic carbocycles. The molecule has 0 atom stereocenters. The highest BCUT2D eigenvalue weighted by Gasteiger charge is 2.17. The van der Waals surface area contributed by atoms with Gasteiger partial charge >= 0.3 is 0 Å². The Morgan fingerprint density at radius 3 is 2.40 bits per heavy atom. The Labute approximate surface area is 122 Å². The fourth-order valence-corrected chi connectivity index (χ4v) is 3.06. The van der Waals surface area contributed by atoms with Crippen LogP contribution in [-0.2, 0) is 23.2 Å². The summed E-state index contributed by atoms with van der Waals surface area (Å²) >= 11 is 5.77. The highest BCUT2D eigenvalue weighted by Crippen LogP contribution is 2.17. The van der Waals surface area contributed by atoms with E-state index < -0.39 is 10.0 Å². The highest BCUT2D eigenvalue weighted by molar-refractivity contribution is 7.89. The fourth-order valence-electron chi connectivity index (χ4n) is 1.59. The minimum absolute atomic E-state index is 0.0443. The molecule has 0 aliphatic carbocycles. The van der Waals surface area contributed by atoms with E-state index in [0.717, 1.165) is 11.1 Å². The van der Waals surface area contributed by atoms with E-state index in [9.17, 15) is 8.42 Å². The van der Waals surface area contributed by atoms with Crippen LogP contribution in [0.15, 0.2) is 47.5 Å². The fraction of sp³-hybridized carbons (Fsp3) is 0.154. The predicted molar refractivity (Wildman–Crippen MR) is 75.6 cm³/mol. The summed E-state index contributed by atoms with van der Waals surface area (Å²) in [5.74, 6) is 0. The lowest BCUT2D eigenvalue weighted by Gasteiger charge is -2.08. The maximum atomic E-state index is 12.1. The van der Waals surface area contributed by atoms with Crippen LogP contribution in [0, 0.1) is 0 Å². The number of nitrogens with zero attached hydrogens (tertiary/aromatic N) is 1. The van der Waals surface area contributed by atoms with Gasteiger partial charge in [0.05, 0.1) is 6.61 Å². The van der Waals surface area contributed by atoms with Crippen molar-refractivity contribution in [1.82, 2.24) is 9.71 Å². The second-order valence-electron chi connectivity index (χ2n) is 4.09. The van der Waals surface area contributed by atoms with Gasteiger partial charge in [0.1, 0.15) is 10.0 Å². The smallest absolute Gasteiger partial charge is 0.243 e. The number of hydrogen-bond acceptors (Lipinski definition) is 4. The van der Waals surface area contributed by atoms with Crippen molar-refractivity contribution < 1.29 is 13.5 Å². The first-order valence-corrected chi connectivity index (χ1v) is 7.68. The average Bonchev–Trinajstić information content (AvgIpc) is 2.46. The molecular weight excluding hydrogens is 300 g/mol. The number of rotatable bonds is 5. The maximum Gasteiger partial charge on any atom is 0.243 e. The van der Waals surface area contributed by atoms with Crippen molar-refractivity contribution in [2.75, 3.05) is 0 Å². The molecule has 2 N–H and O–H groups in total. The summed E-state index contributed by atoms with van der Waals surface area (Å²) in [6, 6.07) is 9.88. The number of benzene rings is 1. The van der Waals surface area contributed by atoms with E-state index in [4.69, 9.17) is 16.7 Å². The second-order valence-corrected chi connectivity index (χ2v) is 6.18. The van der Waals surface area contributed by atoms with Crippen LogP contribution in [0.3, 0.4) is 0 Å². The topological polar surface area (TPSA) is 79.3 Å². The quantitative estimate of drug-likeness (QED) is 0.824. The van der Waals surface area contributed by atoms with E-state index in [1.165, 1.54) is 18.3 Å². The molecule has 0 radical (unpaired) electrons. The standard InChI is InChI=1S/C13H13ClN2O3S/c14-13-12(2-1-7-15-13)20(18,19)16-8-10-3-5-11(9-17)6-4-10/h1-7,16-17H,8-9H2. The zero-order chi connectivity index (χ0) is 14.6. The minimum Gasteiger partial charge on any atom is -0.392 e. The largest absolute Gasteiger partial charge is 0.392 e. The van der Waals surface area contributed by atoms with Crippen molar-refractivity contribution in [2.45, 2.75) is 18.0 Å². The summed E-state index contributed by atoms with van der Waals surface area (Å²) in [6.45, 7) is 0.0938. The normalized spacial score (nSPS) is 11.5. The van der Waals surface area contributed by atoms with Crippen LogP contribution in [0.25, 0.3) is 0 Å². The summed E-state index contributed by atoms with van der Waals surface area (Å²) < 4.78 is 26.6. The van der Waals surface area contributed by atoms with Gasteiger partial charge in [0.25, 0.3) is 0 Å². The lowest BCUT2D eigenvalue weighted by atomic mass is 10.1. The Bertz CT molecular complexity index is 687. The molecule has 2 aromatic rings. The molecule has 0 fully saturated rings. The monoisotopic (exact) mass is 312 g/mol. The molecule has 0 aliphatic rings. The number of nitrogens with one attached hydrogen (secondary N) is 1. The molecule has 0 unspecified atom stereocenters. The number of pyridine rings is 1. The van der Waals surface area contributed by atoms with Crippen LogP contribution in [0.5, 0.6) is 0 Å². The summed E-state index contributed by atoms with van der Waals surface area (Å²) in [5, 5.41) is 8.87. The van der Waals surface area contributed by atoms with Crippen LogP contribution in [-0.4, -0.2) is 18.5 Å². The van der Waals surface area contributed by atoms with Gasteiger partial charge in [0.15, 0.2) is 0 Å². The highest BCUT2D eigenvalue weighted by atomic mass is 35.5. The number of aliphatic hydroxyl groups excluding tert-OH is 1. The van der Waals surface area contributed by atoms with Gasteiger partial charge in [-0.1, -0.05) is 35.9 Å². The summed E-state index contributed by atoms with van der Waals surface area (Å²) in [4.78, 5) is 3.69. The molecule has 0 spiro atoms. The Kier molecular flexibility index (Phi) is 4.72. The Hall–Kier alpha value is -1.47. The van der Waals surface area contributed by atoms with Crippen LogP contribution < -0.4 is 4.72 Å². The number of hydrogen-bond donors (Lipinski definition) is 2. The molecule has 1 heterocycles. The van der Waals surface area contributed by atoms with E-state index in [1.54, 1.807) is 24.3 Å². The molecule has 0 amide bonds. The third-order valence-electron chi connectivity index (χ3n) is 2.69. The summed E-state index contributed by atoms with van der Waals surface area (Å²) in [7, 11) is -3.70. The summed E-state index contributed by atoms with van der Waals surface area (Å²) in [6.07, 6.45) is 1.43. The van der Waals surface area contributed by atoms with Crippen LogP contribution >= 0.6 is 11.6 Å². The molecular formula is C13H13ClN2O3S. The third-order valence-corrected chi connectivity index (χ3v) is 4.53. The van der Waals surface area contributed by atoms with Crippen molar-refractivity contribution in [2.24, 2.45) is 0 Å². The van der Waals surface area contributed by atoms with Gasteiger partial charge in [-0.3, -0.25) is 0 Å². The predicted octanol–water partition coefficient (Wildman–Crippen LogP) is 1.71. The van der Waals surface area contributed by atoms with Gasteiger partial charge in [0, 0.05) is 12.7 Å². The lowest BCUT2D eigenvalue weighted by molar-refractivity contribution is 0.282. The third kappa shape index (κ3) is 3.55. The molecule has 2 rings (SSSR count). The first kappa shape index (κ1) is 14.9. The van der Waals surface area contributed by atoms with Crippen LogP contribution in [0.1, 0.15) is 11.1 Å². The van der Waals surface area contributed by atoms with Gasteiger partial charge in [-0.2, -0.15) is 0 Å². The van der Waals surface area contributed by atoms with E-state index in [2.05, 4.69) is 9.71 Å². The van der Waals surface area contributed by atoms with E-state index in [1.807, 2.05) is 0 Å². The Morgan fingerprint density at radius 2 is 1.80 bits per heavy atom. The molecule has 5 nitrogen and oxygen atoms in total. The SMILES string of the molecule is O=S(=O)(NCc1ccc(CO)cc1)c1cccnc1Cl. The Balaban J connectivity index is 2.11. The lowest BCUT2D eigenvalue weighted by Crippen LogP contribution is -2.23. The molecule has 0 aliphatic heterocycles. The van der Waals surface area contributed by atoms with E-state index in [-0.39, 0.29) is 23.2 Å². The van der Waals surface area contributed by atoms with Crippen molar-refractivity contribution >= 4 is 21.6 Å². The van der Waals surface area contributed by atoms with Crippen molar-refractivity contribution in [3.05, 3.63) is 58.9 Å². The minimum atomic E-state index is -3.70. The van der Waals surface area contributed by atoms with Gasteiger partial charge in [-0.05, 0) is 23.3 Å². The van der Waals surface area contributed by atoms with Crippen molar-refractivity contribution in [3.63, 3.8) is 0 Å². The molecule has 106 valence electrons. The molecule has 0 saturated heterocycles. The Morgan fingerprint density at radius 1 is 1.15 bits per heavy atom. The van der Waals surface area contributed by atoms with Gasteiger partial charge in [-0.25, -0.2) is 18.1 Å². The zero-order valence-corrected chi connectivity index (χ0v) is 12.0. The number of aromatic nitrogens is 1. The number of aliphatic hydroxyl groups is 1. The molecule has 0 saturated carbocycles. The summed E-state index contributed by atoms with van der Waals surface area (Å²) in [5.41, 5.74) is 1.55. The van der Waals surface area contributed by atoms with Gasteiger partial charge in [-0.15, -0.1) is 0 Å². The van der Waals surface area contributed by atoms with Gasteiger partial charge < -0.3 is 5.11 Å². The van der Waals surface area contributed by atoms with Gasteiger partial charge in [0.2, 0.25) is 10.0 Å². The second kappa shape index (κ2) is 6.32. The van der Waals surface area contributed by atoms with Crippen LogP contribution in [0.2, 0.25) is 5.15 Å². The zero-order valence-electron chi connectivity index (χ0n) is 10.5. The maximum absolute atomic E-state index is 12.1. The first-order valence-electron chi connectivity index (χ1n) is 5.82. The number of halogens is 1. The molecule has 1 aromatic heterocycles. The van der Waals surface area contributed by atoms with E-state index in [0.29, 0.717) is 0 Å². The molecule has 0 bridgehead atoms.